The van der Waals surface area contributed by atoms with Gasteiger partial charge in [-0.2, -0.15) is 0 Å². The molecule has 1 fully saturated rings. The molecule has 1 saturated heterocycles. The number of piperidine rings is 1. The van der Waals surface area contributed by atoms with Gasteiger partial charge in [0.15, 0.2) is 5.82 Å². The normalized spacial score (nSPS) is 22.4. The standard InChI is InChI=1S/C25H29N5O2S/c1-3-32-20-14-12-18(13-15-20)21-22(24(31)29-16-8-7-9-17(29)2)33-25-27-26-23(30(25)28-21)19-10-5-4-6-11-19/h4-6,10-15,17,21-22,28H,3,7-9,16H2,1-2H3/t17-,21-,22-/m0/s1. The van der Waals surface area contributed by atoms with Crippen molar-refractivity contribution in [3.63, 3.8) is 0 Å². The van der Waals surface area contributed by atoms with E-state index in [-0.39, 0.29) is 23.2 Å². The van der Waals surface area contributed by atoms with Gasteiger partial charge in [-0.1, -0.05) is 54.2 Å². The smallest absolute Gasteiger partial charge is 0.238 e. The van der Waals surface area contributed by atoms with Crippen molar-refractivity contribution in [2.75, 3.05) is 18.6 Å². The molecule has 5 rings (SSSR count). The maximum Gasteiger partial charge on any atom is 0.238 e. The molecule has 0 aliphatic carbocycles. The van der Waals surface area contributed by atoms with Crippen molar-refractivity contribution in [3.05, 3.63) is 60.2 Å². The fourth-order valence-corrected chi connectivity index (χ4v) is 5.74. The topological polar surface area (TPSA) is 72.3 Å². The monoisotopic (exact) mass is 463 g/mol. The lowest BCUT2D eigenvalue weighted by Gasteiger charge is -2.39. The third-order valence-electron chi connectivity index (χ3n) is 6.35. The maximum atomic E-state index is 13.8. The van der Waals surface area contributed by atoms with Gasteiger partial charge in [-0.15, -0.1) is 10.2 Å². The van der Waals surface area contributed by atoms with Crippen LogP contribution in [0.4, 0.5) is 0 Å². The van der Waals surface area contributed by atoms with Crippen LogP contribution >= 0.6 is 11.8 Å². The Morgan fingerprint density at radius 1 is 1.12 bits per heavy atom. The number of amides is 1. The molecule has 0 unspecified atom stereocenters. The molecule has 7 nitrogen and oxygen atoms in total. The molecule has 1 N–H and O–H groups in total. The Hall–Kier alpha value is -3.00. The van der Waals surface area contributed by atoms with Gasteiger partial charge in [0.1, 0.15) is 11.0 Å². The number of benzene rings is 2. The number of nitrogens with one attached hydrogen (secondary N) is 1. The Labute approximate surface area is 198 Å². The molecule has 3 atom stereocenters. The minimum Gasteiger partial charge on any atom is -0.494 e. The van der Waals surface area contributed by atoms with Crippen LogP contribution in [-0.2, 0) is 4.79 Å². The summed E-state index contributed by atoms with van der Waals surface area (Å²) in [5.41, 5.74) is 5.59. The Bertz CT molecular complexity index is 1100. The molecule has 0 spiro atoms. The van der Waals surface area contributed by atoms with Gasteiger partial charge < -0.3 is 15.1 Å². The van der Waals surface area contributed by atoms with E-state index >= 15 is 0 Å². The number of thioether (sulfide) groups is 1. The largest absolute Gasteiger partial charge is 0.494 e. The molecule has 1 aromatic heterocycles. The summed E-state index contributed by atoms with van der Waals surface area (Å²) in [7, 11) is 0. The Morgan fingerprint density at radius 2 is 1.91 bits per heavy atom. The summed E-state index contributed by atoms with van der Waals surface area (Å²) in [5, 5.41) is 9.24. The number of hydrogen-bond donors (Lipinski definition) is 1. The molecule has 0 saturated carbocycles. The minimum absolute atomic E-state index is 0.161. The van der Waals surface area contributed by atoms with Crippen molar-refractivity contribution in [2.45, 2.75) is 55.6 Å². The van der Waals surface area contributed by atoms with Gasteiger partial charge in [0.2, 0.25) is 11.1 Å². The van der Waals surface area contributed by atoms with Crippen LogP contribution < -0.4 is 10.2 Å². The molecule has 3 aromatic rings. The molecule has 8 heteroatoms. The second-order valence-corrected chi connectivity index (χ2v) is 9.64. The Balaban J connectivity index is 1.51. The highest BCUT2D eigenvalue weighted by Crippen LogP contribution is 2.40. The van der Waals surface area contributed by atoms with E-state index in [9.17, 15) is 4.79 Å². The van der Waals surface area contributed by atoms with Gasteiger partial charge in [0.05, 0.1) is 12.6 Å². The zero-order chi connectivity index (χ0) is 22.8. The van der Waals surface area contributed by atoms with E-state index in [0.29, 0.717) is 11.8 Å². The second-order valence-electron chi connectivity index (χ2n) is 8.53. The number of fused-ring (bicyclic) bond motifs is 1. The number of ether oxygens (including phenoxy) is 1. The van der Waals surface area contributed by atoms with Gasteiger partial charge in [0, 0.05) is 18.2 Å². The first-order chi connectivity index (χ1) is 16.2. The molecule has 2 aliphatic heterocycles. The van der Waals surface area contributed by atoms with Crippen molar-refractivity contribution in [1.82, 2.24) is 19.8 Å². The fourth-order valence-electron chi connectivity index (χ4n) is 4.59. The summed E-state index contributed by atoms with van der Waals surface area (Å²) >= 11 is 1.50. The number of aromatic nitrogens is 3. The van der Waals surface area contributed by atoms with Crippen LogP contribution in [-0.4, -0.2) is 50.1 Å². The zero-order valence-corrected chi connectivity index (χ0v) is 19.8. The summed E-state index contributed by atoms with van der Waals surface area (Å²) < 4.78 is 7.55. The lowest BCUT2D eigenvalue weighted by Crippen LogP contribution is -2.50. The number of nitrogens with zero attached hydrogens (tertiary/aromatic N) is 4. The van der Waals surface area contributed by atoms with Gasteiger partial charge in [-0.25, -0.2) is 4.68 Å². The first-order valence-corrected chi connectivity index (χ1v) is 12.5. The van der Waals surface area contributed by atoms with Crippen molar-refractivity contribution >= 4 is 17.7 Å². The number of likely N-dealkylation sites (tertiary alicyclic amines) is 1. The van der Waals surface area contributed by atoms with Gasteiger partial charge in [0.25, 0.3) is 0 Å². The number of rotatable bonds is 5. The number of carbonyl (C=O) groups is 1. The summed E-state index contributed by atoms with van der Waals surface area (Å²) in [4.78, 5) is 15.8. The van der Waals surface area contributed by atoms with Crippen LogP contribution in [0.5, 0.6) is 5.75 Å². The van der Waals surface area contributed by atoms with E-state index in [1.807, 2.05) is 66.2 Å². The van der Waals surface area contributed by atoms with Gasteiger partial charge in [-0.3, -0.25) is 4.79 Å². The van der Waals surface area contributed by atoms with E-state index in [1.165, 1.54) is 18.2 Å². The van der Waals surface area contributed by atoms with E-state index in [2.05, 4.69) is 27.4 Å². The van der Waals surface area contributed by atoms with Gasteiger partial charge in [-0.05, 0) is 50.8 Å². The summed E-state index contributed by atoms with van der Waals surface area (Å²) in [6.45, 7) is 5.56. The second kappa shape index (κ2) is 9.47. The minimum atomic E-state index is -0.330. The highest BCUT2D eigenvalue weighted by atomic mass is 32.2. The molecule has 0 bridgehead atoms. The van der Waals surface area contributed by atoms with Gasteiger partial charge >= 0.3 is 0 Å². The van der Waals surface area contributed by atoms with Crippen LogP contribution in [0.2, 0.25) is 0 Å². The van der Waals surface area contributed by atoms with Crippen LogP contribution in [0.25, 0.3) is 11.4 Å². The SMILES string of the molecule is CCOc1ccc([C@@H]2Nn3c(nnc3-c3ccccc3)S[C@@H]2C(=O)N2CCCC[C@@H]2C)cc1. The molecule has 33 heavy (non-hydrogen) atoms. The quantitative estimate of drug-likeness (QED) is 0.601. The molecular weight excluding hydrogens is 434 g/mol. The third-order valence-corrected chi connectivity index (χ3v) is 7.55. The number of hydrogen-bond acceptors (Lipinski definition) is 6. The lowest BCUT2D eigenvalue weighted by atomic mass is 9.99. The third kappa shape index (κ3) is 4.31. The molecule has 3 heterocycles. The lowest BCUT2D eigenvalue weighted by molar-refractivity contribution is -0.134. The number of carbonyl (C=O) groups excluding carboxylic acids is 1. The predicted molar refractivity (Wildman–Crippen MR) is 130 cm³/mol. The molecule has 1 amide bonds. The summed E-state index contributed by atoms with van der Waals surface area (Å²) in [6, 6.07) is 18.0. The Kier molecular flexibility index (Phi) is 6.26. The van der Waals surface area contributed by atoms with Crippen LogP contribution in [0.3, 0.4) is 0 Å². The molecule has 172 valence electrons. The first kappa shape index (κ1) is 21.8. The van der Waals surface area contributed by atoms with Crippen LogP contribution in [0.1, 0.15) is 44.7 Å². The summed E-state index contributed by atoms with van der Waals surface area (Å²) in [5.74, 6) is 1.73. The van der Waals surface area contributed by atoms with E-state index in [0.717, 1.165) is 42.1 Å². The fraction of sp³-hybridized carbons (Fsp3) is 0.400. The highest BCUT2D eigenvalue weighted by Gasteiger charge is 2.41. The zero-order valence-electron chi connectivity index (χ0n) is 19.0. The van der Waals surface area contributed by atoms with Crippen molar-refractivity contribution < 1.29 is 9.53 Å². The average molecular weight is 464 g/mol. The van der Waals surface area contributed by atoms with E-state index < -0.39 is 0 Å². The van der Waals surface area contributed by atoms with Crippen molar-refractivity contribution in [2.24, 2.45) is 0 Å². The van der Waals surface area contributed by atoms with E-state index in [1.54, 1.807) is 0 Å². The molecule has 2 aliphatic rings. The first-order valence-electron chi connectivity index (χ1n) is 11.6. The summed E-state index contributed by atoms with van der Waals surface area (Å²) in [6.07, 6.45) is 3.29. The van der Waals surface area contributed by atoms with Crippen LogP contribution in [0, 0.1) is 0 Å². The maximum absolute atomic E-state index is 13.8. The van der Waals surface area contributed by atoms with Crippen molar-refractivity contribution in [3.8, 4) is 17.1 Å². The van der Waals surface area contributed by atoms with Crippen LogP contribution in [0.15, 0.2) is 59.8 Å². The average Bonchev–Trinajstić information content (AvgIpc) is 3.27. The Morgan fingerprint density at radius 3 is 2.64 bits per heavy atom. The molecular formula is C25H29N5O2S. The van der Waals surface area contributed by atoms with E-state index in [4.69, 9.17) is 4.74 Å². The molecule has 2 aromatic carbocycles. The molecule has 0 radical (unpaired) electrons. The highest BCUT2D eigenvalue weighted by molar-refractivity contribution is 8.00. The van der Waals surface area contributed by atoms with Crippen molar-refractivity contribution in [1.29, 1.82) is 0 Å². The predicted octanol–water partition coefficient (Wildman–Crippen LogP) is 4.50.